The molecule has 130 valence electrons. The molecule has 0 saturated carbocycles. The normalized spacial score (nSPS) is 17.3. The number of benzene rings is 1. The molecule has 0 N–H and O–H groups in total. The van der Waals surface area contributed by atoms with Gasteiger partial charge < -0.3 is 0 Å². The molecule has 1 aliphatic rings. The molecule has 0 atom stereocenters. The minimum absolute atomic E-state index is 0.0255. The highest BCUT2D eigenvalue weighted by Crippen LogP contribution is 2.36. The molecule has 1 aliphatic heterocycles. The number of sulfonamides is 1. The van der Waals surface area contributed by atoms with Crippen molar-refractivity contribution in [1.82, 2.24) is 14.1 Å². The van der Waals surface area contributed by atoms with Crippen molar-refractivity contribution in [3.05, 3.63) is 44.6 Å². The number of hydrogen-bond donors (Lipinski definition) is 0. The molecule has 0 aliphatic carbocycles. The van der Waals surface area contributed by atoms with Gasteiger partial charge in [0, 0.05) is 23.8 Å². The van der Waals surface area contributed by atoms with Gasteiger partial charge in [-0.1, -0.05) is 39.1 Å². The third-order valence-corrected chi connectivity index (χ3v) is 7.37. The molecule has 9 heteroatoms. The summed E-state index contributed by atoms with van der Waals surface area (Å²) in [5.41, 5.74) is 1.10. The van der Waals surface area contributed by atoms with Crippen LogP contribution in [0.25, 0.3) is 0 Å². The van der Waals surface area contributed by atoms with Crippen molar-refractivity contribution in [2.45, 2.75) is 30.7 Å². The predicted octanol–water partition coefficient (Wildman–Crippen LogP) is 4.29. The van der Waals surface area contributed by atoms with Gasteiger partial charge in [0.15, 0.2) is 0 Å². The van der Waals surface area contributed by atoms with E-state index in [9.17, 15) is 8.42 Å². The van der Waals surface area contributed by atoms with Crippen LogP contribution in [-0.4, -0.2) is 35.6 Å². The maximum Gasteiger partial charge on any atom is 0.246 e. The summed E-state index contributed by atoms with van der Waals surface area (Å²) in [5.74, 6) is 0. The Bertz CT molecular complexity index is 838. The lowest BCUT2D eigenvalue weighted by Crippen LogP contribution is -2.39. The molecule has 0 radical (unpaired) electrons. The van der Waals surface area contributed by atoms with Crippen molar-refractivity contribution in [2.75, 3.05) is 13.1 Å². The van der Waals surface area contributed by atoms with Crippen molar-refractivity contribution in [1.29, 1.82) is 0 Å². The first-order valence-electron chi connectivity index (χ1n) is 7.44. The molecule has 0 unspecified atom stereocenters. The van der Waals surface area contributed by atoms with Crippen LogP contribution < -0.4 is 0 Å². The molecule has 2 aromatic rings. The Morgan fingerprint density at radius 1 is 1.21 bits per heavy atom. The van der Waals surface area contributed by atoms with E-state index in [0.29, 0.717) is 30.4 Å². The standard InChI is InChI=1S/C15H16BrCl2N3O2S/c1-10-8-19-21(9-10)12-2-4-20(5-3-12)24(22,23)15-13(17)6-11(16)7-14(15)18/h6-9,12H,2-5H2,1H3. The lowest BCUT2D eigenvalue weighted by molar-refractivity contribution is 0.261. The van der Waals surface area contributed by atoms with E-state index in [1.165, 1.54) is 4.31 Å². The van der Waals surface area contributed by atoms with Gasteiger partial charge in [-0.3, -0.25) is 4.68 Å². The minimum atomic E-state index is -3.72. The third kappa shape index (κ3) is 3.51. The molecule has 5 nitrogen and oxygen atoms in total. The van der Waals surface area contributed by atoms with Crippen molar-refractivity contribution in [2.24, 2.45) is 0 Å². The Hall–Kier alpha value is -0.600. The van der Waals surface area contributed by atoms with Crippen molar-refractivity contribution in [3.63, 3.8) is 0 Å². The second kappa shape index (κ2) is 6.96. The molecule has 1 saturated heterocycles. The maximum absolute atomic E-state index is 12.9. The first kappa shape index (κ1) is 18.2. The molecule has 0 amide bonds. The Balaban J connectivity index is 1.81. The Kier molecular flexibility index (Phi) is 5.28. The van der Waals surface area contributed by atoms with Crippen molar-refractivity contribution < 1.29 is 8.42 Å². The highest BCUT2D eigenvalue weighted by Gasteiger charge is 2.33. The predicted molar refractivity (Wildman–Crippen MR) is 98.2 cm³/mol. The largest absolute Gasteiger partial charge is 0.269 e. The van der Waals surface area contributed by atoms with Gasteiger partial charge in [0.05, 0.1) is 22.3 Å². The third-order valence-electron chi connectivity index (χ3n) is 4.09. The molecule has 1 aromatic carbocycles. The summed E-state index contributed by atoms with van der Waals surface area (Å²) in [5, 5.41) is 4.57. The van der Waals surface area contributed by atoms with Crippen molar-refractivity contribution in [3.8, 4) is 0 Å². The summed E-state index contributed by atoms with van der Waals surface area (Å²) in [6.07, 6.45) is 5.19. The van der Waals surface area contributed by atoms with E-state index in [4.69, 9.17) is 23.2 Å². The highest BCUT2D eigenvalue weighted by atomic mass is 79.9. The molecule has 1 fully saturated rings. The fourth-order valence-electron chi connectivity index (χ4n) is 2.88. The minimum Gasteiger partial charge on any atom is -0.269 e. The van der Waals surface area contributed by atoms with Gasteiger partial charge in [0.25, 0.3) is 0 Å². The number of aryl methyl sites for hydroxylation is 1. The van der Waals surface area contributed by atoms with E-state index in [-0.39, 0.29) is 21.0 Å². The van der Waals surface area contributed by atoms with Crippen LogP contribution in [0.1, 0.15) is 24.4 Å². The molecule has 0 bridgehead atoms. The summed E-state index contributed by atoms with van der Waals surface area (Å²) >= 11 is 15.5. The van der Waals surface area contributed by atoms with E-state index in [2.05, 4.69) is 21.0 Å². The van der Waals surface area contributed by atoms with Crippen LogP contribution in [0.15, 0.2) is 33.9 Å². The van der Waals surface area contributed by atoms with Crippen LogP contribution in [0.3, 0.4) is 0 Å². The summed E-state index contributed by atoms with van der Waals surface area (Å²) in [6.45, 7) is 2.81. The maximum atomic E-state index is 12.9. The molecular weight excluding hydrogens is 437 g/mol. The molecule has 0 spiro atoms. The number of halogens is 3. The zero-order chi connectivity index (χ0) is 17.5. The van der Waals surface area contributed by atoms with Gasteiger partial charge in [-0.05, 0) is 37.5 Å². The molecule has 3 rings (SSSR count). The summed E-state index contributed by atoms with van der Waals surface area (Å²) < 4.78 is 29.8. The summed E-state index contributed by atoms with van der Waals surface area (Å²) in [7, 11) is -3.72. The first-order chi connectivity index (χ1) is 11.3. The molecule has 1 aromatic heterocycles. The van der Waals surface area contributed by atoms with E-state index >= 15 is 0 Å². The average Bonchev–Trinajstić information content (AvgIpc) is 2.92. The van der Waals surface area contributed by atoms with Gasteiger partial charge in [-0.25, -0.2) is 8.42 Å². The van der Waals surface area contributed by atoms with Crippen LogP contribution in [0, 0.1) is 6.92 Å². The van der Waals surface area contributed by atoms with E-state index in [1.807, 2.05) is 24.0 Å². The molecule has 24 heavy (non-hydrogen) atoms. The summed E-state index contributed by atoms with van der Waals surface area (Å²) in [6, 6.07) is 3.29. The van der Waals surface area contributed by atoms with Crippen LogP contribution in [0.2, 0.25) is 10.0 Å². The van der Waals surface area contributed by atoms with Crippen LogP contribution in [0.4, 0.5) is 0 Å². The zero-order valence-corrected chi connectivity index (χ0v) is 16.8. The van der Waals surface area contributed by atoms with Crippen LogP contribution in [-0.2, 0) is 10.0 Å². The Morgan fingerprint density at radius 3 is 2.29 bits per heavy atom. The quantitative estimate of drug-likeness (QED) is 0.697. The average molecular weight is 453 g/mol. The monoisotopic (exact) mass is 451 g/mol. The molecule has 2 heterocycles. The Labute approximate surface area is 159 Å². The van der Waals surface area contributed by atoms with E-state index in [0.717, 1.165) is 5.56 Å². The lowest BCUT2D eigenvalue weighted by atomic mass is 10.1. The molecular formula is C15H16BrCl2N3O2S. The number of hydrogen-bond acceptors (Lipinski definition) is 3. The topological polar surface area (TPSA) is 55.2 Å². The van der Waals surface area contributed by atoms with E-state index in [1.54, 1.807) is 12.1 Å². The smallest absolute Gasteiger partial charge is 0.246 e. The number of rotatable bonds is 3. The lowest BCUT2D eigenvalue weighted by Gasteiger charge is -2.31. The number of piperidine rings is 1. The van der Waals surface area contributed by atoms with Crippen molar-refractivity contribution >= 4 is 49.2 Å². The second-order valence-corrected chi connectivity index (χ2v) is 9.44. The summed E-state index contributed by atoms with van der Waals surface area (Å²) in [4.78, 5) is -0.0255. The fourth-order valence-corrected chi connectivity index (χ4v) is 6.24. The van der Waals surface area contributed by atoms with Gasteiger partial charge in [-0.2, -0.15) is 9.40 Å². The number of aromatic nitrogens is 2. The Morgan fingerprint density at radius 2 is 1.79 bits per heavy atom. The fraction of sp³-hybridized carbons (Fsp3) is 0.400. The number of nitrogens with zero attached hydrogens (tertiary/aromatic N) is 3. The van der Waals surface area contributed by atoms with Crippen LogP contribution >= 0.6 is 39.1 Å². The van der Waals surface area contributed by atoms with Gasteiger partial charge in [-0.15, -0.1) is 0 Å². The zero-order valence-electron chi connectivity index (χ0n) is 12.9. The second-order valence-electron chi connectivity index (χ2n) is 5.83. The highest BCUT2D eigenvalue weighted by molar-refractivity contribution is 9.10. The van der Waals surface area contributed by atoms with Gasteiger partial charge >= 0.3 is 0 Å². The van der Waals surface area contributed by atoms with E-state index < -0.39 is 10.0 Å². The SMILES string of the molecule is Cc1cnn(C2CCN(S(=O)(=O)c3c(Cl)cc(Br)cc3Cl)CC2)c1. The van der Waals surface area contributed by atoms with Gasteiger partial charge in [0.2, 0.25) is 10.0 Å². The van der Waals surface area contributed by atoms with Crippen LogP contribution in [0.5, 0.6) is 0 Å². The van der Waals surface area contributed by atoms with Gasteiger partial charge in [0.1, 0.15) is 4.90 Å². The first-order valence-corrected chi connectivity index (χ1v) is 10.4.